The Morgan fingerprint density at radius 1 is 1.35 bits per heavy atom. The molecule has 1 atom stereocenters. The smallest absolute Gasteiger partial charge is 0.142 e. The van der Waals surface area contributed by atoms with Crippen LogP contribution in [0, 0.1) is 11.8 Å². The fourth-order valence-electron chi connectivity index (χ4n) is 2.79. The van der Waals surface area contributed by atoms with Gasteiger partial charge in [0.25, 0.3) is 0 Å². The van der Waals surface area contributed by atoms with Crippen molar-refractivity contribution in [3.8, 4) is 5.75 Å². The highest BCUT2D eigenvalue weighted by Crippen LogP contribution is 2.32. The van der Waals surface area contributed by atoms with Gasteiger partial charge in [-0.1, -0.05) is 26.0 Å². The Morgan fingerprint density at radius 2 is 2.15 bits per heavy atom. The third-order valence-corrected chi connectivity index (χ3v) is 3.78. The van der Waals surface area contributed by atoms with Crippen LogP contribution in [0.2, 0.25) is 0 Å². The first-order valence-corrected chi connectivity index (χ1v) is 7.88. The molecule has 0 radical (unpaired) electrons. The van der Waals surface area contributed by atoms with E-state index in [0.29, 0.717) is 0 Å². The standard InChI is InChI=1S/C17H28N2O/c1-4-20-17-8-6-5-7-16(17)19-10-9-15(13-19)12-18-11-14(2)3/h5-8,14-15,18H,4,9-13H2,1-3H3. The predicted molar refractivity (Wildman–Crippen MR) is 85.6 cm³/mol. The van der Waals surface area contributed by atoms with E-state index in [1.54, 1.807) is 0 Å². The van der Waals surface area contributed by atoms with Crippen LogP contribution in [0.25, 0.3) is 0 Å². The molecule has 0 saturated carbocycles. The van der Waals surface area contributed by atoms with Crippen LogP contribution in [0.3, 0.4) is 0 Å². The van der Waals surface area contributed by atoms with Crippen molar-refractivity contribution in [2.24, 2.45) is 11.8 Å². The van der Waals surface area contributed by atoms with Gasteiger partial charge in [0.15, 0.2) is 0 Å². The lowest BCUT2D eigenvalue weighted by atomic mass is 10.1. The number of hydrogen-bond acceptors (Lipinski definition) is 3. The van der Waals surface area contributed by atoms with Crippen LogP contribution in [-0.4, -0.2) is 32.8 Å². The number of hydrogen-bond donors (Lipinski definition) is 1. The molecule has 1 aliphatic rings. The highest BCUT2D eigenvalue weighted by atomic mass is 16.5. The fourth-order valence-corrected chi connectivity index (χ4v) is 2.79. The Kier molecular flexibility index (Phi) is 5.72. The second kappa shape index (κ2) is 7.53. The second-order valence-corrected chi connectivity index (χ2v) is 6.05. The molecule has 1 aromatic carbocycles. The summed E-state index contributed by atoms with van der Waals surface area (Å²) < 4.78 is 5.74. The maximum atomic E-state index is 5.74. The largest absolute Gasteiger partial charge is 0.492 e. The molecule has 3 heteroatoms. The molecule has 20 heavy (non-hydrogen) atoms. The van der Waals surface area contributed by atoms with Crippen molar-refractivity contribution in [3.05, 3.63) is 24.3 Å². The monoisotopic (exact) mass is 276 g/mol. The minimum absolute atomic E-state index is 0.726. The Hall–Kier alpha value is -1.22. The van der Waals surface area contributed by atoms with Gasteiger partial charge in [0.1, 0.15) is 5.75 Å². The molecule has 0 spiro atoms. The van der Waals surface area contributed by atoms with Gasteiger partial charge < -0.3 is 15.0 Å². The lowest BCUT2D eigenvalue weighted by Gasteiger charge is -2.22. The van der Waals surface area contributed by atoms with Crippen LogP contribution in [0.4, 0.5) is 5.69 Å². The van der Waals surface area contributed by atoms with Gasteiger partial charge in [-0.25, -0.2) is 0 Å². The van der Waals surface area contributed by atoms with Gasteiger partial charge in [-0.3, -0.25) is 0 Å². The molecule has 0 aromatic heterocycles. The van der Waals surface area contributed by atoms with Crippen LogP contribution in [-0.2, 0) is 0 Å². The van der Waals surface area contributed by atoms with Crippen LogP contribution in [0.1, 0.15) is 27.2 Å². The summed E-state index contributed by atoms with van der Waals surface area (Å²) in [6.07, 6.45) is 1.27. The molecular weight excluding hydrogens is 248 g/mol. The summed E-state index contributed by atoms with van der Waals surface area (Å²) in [6, 6.07) is 8.40. The summed E-state index contributed by atoms with van der Waals surface area (Å²) in [7, 11) is 0. The Balaban J connectivity index is 1.89. The summed E-state index contributed by atoms with van der Waals surface area (Å²) in [4.78, 5) is 2.46. The number of ether oxygens (including phenoxy) is 1. The molecule has 3 nitrogen and oxygen atoms in total. The summed E-state index contributed by atoms with van der Waals surface area (Å²) in [5.74, 6) is 2.50. The van der Waals surface area contributed by atoms with E-state index in [4.69, 9.17) is 4.74 Å². The first-order valence-electron chi connectivity index (χ1n) is 7.88. The molecule has 1 aliphatic heterocycles. The van der Waals surface area contributed by atoms with Crippen molar-refractivity contribution in [3.63, 3.8) is 0 Å². The zero-order valence-corrected chi connectivity index (χ0v) is 13.1. The molecule has 0 amide bonds. The van der Waals surface area contributed by atoms with Gasteiger partial charge in [-0.2, -0.15) is 0 Å². The second-order valence-electron chi connectivity index (χ2n) is 6.05. The fraction of sp³-hybridized carbons (Fsp3) is 0.647. The molecule has 0 bridgehead atoms. The zero-order chi connectivity index (χ0) is 14.4. The van der Waals surface area contributed by atoms with Crippen LogP contribution < -0.4 is 15.0 Å². The average molecular weight is 276 g/mol. The topological polar surface area (TPSA) is 24.5 Å². The van der Waals surface area contributed by atoms with Crippen molar-refractivity contribution in [1.82, 2.24) is 5.32 Å². The van der Waals surface area contributed by atoms with E-state index < -0.39 is 0 Å². The van der Waals surface area contributed by atoms with E-state index in [2.05, 4.69) is 42.3 Å². The number of rotatable bonds is 7. The predicted octanol–water partition coefficient (Wildman–Crippen LogP) is 3.16. The molecule has 0 aliphatic carbocycles. The van der Waals surface area contributed by atoms with E-state index in [0.717, 1.165) is 50.4 Å². The number of para-hydroxylation sites is 2. The lowest BCUT2D eigenvalue weighted by Crippen LogP contribution is -2.28. The first-order chi connectivity index (χ1) is 9.70. The molecular formula is C17H28N2O. The number of benzene rings is 1. The number of nitrogens with zero attached hydrogens (tertiary/aromatic N) is 1. The number of nitrogens with one attached hydrogen (secondary N) is 1. The van der Waals surface area contributed by atoms with E-state index in [-0.39, 0.29) is 0 Å². The third-order valence-electron chi connectivity index (χ3n) is 3.78. The minimum Gasteiger partial charge on any atom is -0.492 e. The Bertz CT molecular complexity index is 406. The molecule has 1 saturated heterocycles. The zero-order valence-electron chi connectivity index (χ0n) is 13.1. The highest BCUT2D eigenvalue weighted by Gasteiger charge is 2.24. The van der Waals surface area contributed by atoms with Gasteiger partial charge in [0.2, 0.25) is 0 Å². The van der Waals surface area contributed by atoms with Gasteiger partial charge in [0, 0.05) is 13.1 Å². The Labute approximate surface area is 123 Å². The normalized spacial score (nSPS) is 18.8. The van der Waals surface area contributed by atoms with E-state index in [1.807, 2.05) is 13.0 Å². The van der Waals surface area contributed by atoms with Crippen molar-refractivity contribution < 1.29 is 4.74 Å². The molecule has 1 heterocycles. The van der Waals surface area contributed by atoms with Crippen molar-refractivity contribution in [2.45, 2.75) is 27.2 Å². The van der Waals surface area contributed by atoms with Crippen molar-refractivity contribution >= 4 is 5.69 Å². The highest BCUT2D eigenvalue weighted by molar-refractivity contribution is 5.59. The maximum absolute atomic E-state index is 5.74. The van der Waals surface area contributed by atoms with Crippen molar-refractivity contribution in [2.75, 3.05) is 37.7 Å². The summed E-state index contributed by atoms with van der Waals surface area (Å²) in [5, 5.41) is 3.58. The summed E-state index contributed by atoms with van der Waals surface area (Å²) >= 11 is 0. The van der Waals surface area contributed by atoms with E-state index >= 15 is 0 Å². The SMILES string of the molecule is CCOc1ccccc1N1CCC(CNCC(C)C)C1. The van der Waals surface area contributed by atoms with Crippen LogP contribution >= 0.6 is 0 Å². The quantitative estimate of drug-likeness (QED) is 0.828. The van der Waals surface area contributed by atoms with Gasteiger partial charge in [0.05, 0.1) is 12.3 Å². The summed E-state index contributed by atoms with van der Waals surface area (Å²) in [6.45, 7) is 11.8. The average Bonchev–Trinajstić information content (AvgIpc) is 2.88. The molecule has 2 rings (SSSR count). The lowest BCUT2D eigenvalue weighted by molar-refractivity contribution is 0.340. The first kappa shape index (κ1) is 15.2. The van der Waals surface area contributed by atoms with Crippen LogP contribution in [0.5, 0.6) is 5.75 Å². The molecule has 1 N–H and O–H groups in total. The van der Waals surface area contributed by atoms with Gasteiger partial charge >= 0.3 is 0 Å². The molecule has 112 valence electrons. The van der Waals surface area contributed by atoms with E-state index in [9.17, 15) is 0 Å². The molecule has 1 unspecified atom stereocenters. The minimum atomic E-state index is 0.726. The van der Waals surface area contributed by atoms with Gasteiger partial charge in [-0.05, 0) is 50.4 Å². The van der Waals surface area contributed by atoms with Crippen LogP contribution in [0.15, 0.2) is 24.3 Å². The van der Waals surface area contributed by atoms with E-state index in [1.165, 1.54) is 12.1 Å². The van der Waals surface area contributed by atoms with Crippen molar-refractivity contribution in [1.29, 1.82) is 0 Å². The maximum Gasteiger partial charge on any atom is 0.142 e. The Morgan fingerprint density at radius 3 is 2.90 bits per heavy atom. The molecule has 1 fully saturated rings. The van der Waals surface area contributed by atoms with Gasteiger partial charge in [-0.15, -0.1) is 0 Å². The molecule has 1 aromatic rings. The summed E-state index contributed by atoms with van der Waals surface area (Å²) in [5.41, 5.74) is 1.25. The third kappa shape index (κ3) is 4.14. The number of anilines is 1.